The Morgan fingerprint density at radius 1 is 1.12 bits per heavy atom. The average molecular weight is 449 g/mol. The smallest absolute Gasteiger partial charge is 0.326 e. The predicted molar refractivity (Wildman–Crippen MR) is 127 cm³/mol. The van der Waals surface area contributed by atoms with Crippen LogP contribution in [0.25, 0.3) is 0 Å². The molecule has 32 heavy (non-hydrogen) atoms. The van der Waals surface area contributed by atoms with Crippen molar-refractivity contribution in [2.45, 2.75) is 18.5 Å². The Morgan fingerprint density at radius 3 is 2.78 bits per heavy atom. The van der Waals surface area contributed by atoms with Gasteiger partial charge in [0.15, 0.2) is 0 Å². The molecule has 4 rings (SSSR count). The molecule has 0 bridgehead atoms. The average Bonchev–Trinajstić information content (AvgIpc) is 2.83. The molecule has 0 saturated carbocycles. The highest BCUT2D eigenvalue weighted by atomic mass is 32.2. The first kappa shape index (κ1) is 21.7. The molecular weight excluding hydrogens is 424 g/mol. The van der Waals surface area contributed by atoms with E-state index >= 15 is 0 Å². The monoisotopic (exact) mass is 448 g/mol. The van der Waals surface area contributed by atoms with Crippen LogP contribution in [0.15, 0.2) is 71.9 Å². The molecule has 8 heteroatoms. The van der Waals surface area contributed by atoms with Crippen LogP contribution in [0.4, 0.5) is 16.2 Å². The zero-order chi connectivity index (χ0) is 22.3. The van der Waals surface area contributed by atoms with E-state index in [0.29, 0.717) is 30.9 Å². The number of amides is 3. The summed E-state index contributed by atoms with van der Waals surface area (Å²) < 4.78 is 5.43. The minimum atomic E-state index is -0.244. The topological polar surface area (TPSA) is 83.6 Å². The molecule has 1 aliphatic rings. The molecule has 1 aromatic heterocycles. The lowest BCUT2D eigenvalue weighted by Gasteiger charge is -2.28. The van der Waals surface area contributed by atoms with E-state index < -0.39 is 0 Å². The van der Waals surface area contributed by atoms with E-state index in [1.807, 2.05) is 43.3 Å². The molecular formula is C24H24N4O3S. The highest BCUT2D eigenvalue weighted by Crippen LogP contribution is 2.32. The van der Waals surface area contributed by atoms with Crippen LogP contribution in [0, 0.1) is 0 Å². The van der Waals surface area contributed by atoms with Crippen molar-refractivity contribution in [3.8, 4) is 5.75 Å². The number of nitrogens with zero attached hydrogens (tertiary/aromatic N) is 2. The Labute approximate surface area is 191 Å². The zero-order valence-electron chi connectivity index (χ0n) is 17.7. The van der Waals surface area contributed by atoms with Gasteiger partial charge in [-0.05, 0) is 55.0 Å². The Hall–Kier alpha value is -3.52. The number of hydrogen-bond donors (Lipinski definition) is 2. The van der Waals surface area contributed by atoms with E-state index in [1.165, 1.54) is 0 Å². The van der Waals surface area contributed by atoms with E-state index in [-0.39, 0.29) is 11.9 Å². The summed E-state index contributed by atoms with van der Waals surface area (Å²) in [7, 11) is 0. The number of pyridine rings is 1. The fourth-order valence-corrected chi connectivity index (χ4v) is 4.28. The maximum atomic E-state index is 12.9. The Morgan fingerprint density at radius 2 is 1.97 bits per heavy atom. The number of anilines is 2. The van der Waals surface area contributed by atoms with Crippen molar-refractivity contribution < 1.29 is 14.3 Å². The number of aromatic nitrogens is 1. The number of urea groups is 1. The second-order valence-corrected chi connectivity index (χ2v) is 8.18. The van der Waals surface area contributed by atoms with Crippen LogP contribution >= 0.6 is 11.8 Å². The highest BCUT2D eigenvalue weighted by molar-refractivity contribution is 7.99. The SMILES string of the molecule is CCOc1ccc(CNC(=O)c2cccc(NC(=O)N3CCSc4ncccc43)c2)cc1. The van der Waals surface area contributed by atoms with Crippen molar-refractivity contribution in [1.29, 1.82) is 0 Å². The molecule has 2 heterocycles. The van der Waals surface area contributed by atoms with Crippen LogP contribution in [0.1, 0.15) is 22.8 Å². The lowest BCUT2D eigenvalue weighted by atomic mass is 10.1. The summed E-state index contributed by atoms with van der Waals surface area (Å²) in [5, 5.41) is 6.65. The van der Waals surface area contributed by atoms with Gasteiger partial charge in [-0.2, -0.15) is 0 Å². The van der Waals surface area contributed by atoms with Gasteiger partial charge < -0.3 is 15.4 Å². The molecule has 7 nitrogen and oxygen atoms in total. The molecule has 2 N–H and O–H groups in total. The lowest BCUT2D eigenvalue weighted by molar-refractivity contribution is 0.0951. The van der Waals surface area contributed by atoms with E-state index in [2.05, 4.69) is 15.6 Å². The van der Waals surface area contributed by atoms with E-state index in [4.69, 9.17) is 4.74 Å². The number of carbonyl (C=O) groups is 2. The molecule has 0 unspecified atom stereocenters. The first-order valence-electron chi connectivity index (χ1n) is 10.4. The van der Waals surface area contributed by atoms with Gasteiger partial charge in [-0.3, -0.25) is 9.69 Å². The molecule has 3 amide bonds. The largest absolute Gasteiger partial charge is 0.494 e. The molecule has 2 aromatic carbocycles. The third kappa shape index (κ3) is 5.20. The standard InChI is InChI=1S/C24H24N4O3S/c1-2-31-20-10-8-17(9-11-20)16-26-22(29)18-5-3-6-19(15-18)27-24(30)28-13-14-32-23-21(28)7-4-12-25-23/h3-12,15H,2,13-14,16H2,1H3,(H,26,29)(H,27,30). The Balaban J connectivity index is 1.38. The van der Waals surface area contributed by atoms with Crippen molar-refractivity contribution >= 4 is 35.1 Å². The van der Waals surface area contributed by atoms with Crippen LogP contribution in [0.2, 0.25) is 0 Å². The number of carbonyl (C=O) groups excluding carboxylic acids is 2. The molecule has 0 fully saturated rings. The zero-order valence-corrected chi connectivity index (χ0v) is 18.5. The minimum absolute atomic E-state index is 0.209. The maximum absolute atomic E-state index is 12.9. The molecule has 0 aliphatic carbocycles. The lowest BCUT2D eigenvalue weighted by Crippen LogP contribution is -2.38. The quantitative estimate of drug-likeness (QED) is 0.578. The van der Waals surface area contributed by atoms with Gasteiger partial charge >= 0.3 is 6.03 Å². The summed E-state index contributed by atoms with van der Waals surface area (Å²) in [6.45, 7) is 3.55. The summed E-state index contributed by atoms with van der Waals surface area (Å²) >= 11 is 1.64. The first-order valence-corrected chi connectivity index (χ1v) is 11.4. The highest BCUT2D eigenvalue weighted by Gasteiger charge is 2.23. The molecule has 1 aliphatic heterocycles. The van der Waals surface area contributed by atoms with Crippen LogP contribution in [0.5, 0.6) is 5.75 Å². The van der Waals surface area contributed by atoms with Gasteiger partial charge in [-0.15, -0.1) is 11.8 Å². The van der Waals surface area contributed by atoms with Gasteiger partial charge in [0.25, 0.3) is 5.91 Å². The fourth-order valence-electron chi connectivity index (χ4n) is 3.35. The third-order valence-electron chi connectivity index (χ3n) is 4.90. The van der Waals surface area contributed by atoms with Crippen molar-refractivity contribution in [3.63, 3.8) is 0 Å². The number of ether oxygens (including phenoxy) is 1. The number of rotatable bonds is 6. The molecule has 0 radical (unpaired) electrons. The van der Waals surface area contributed by atoms with Crippen LogP contribution in [0.3, 0.4) is 0 Å². The maximum Gasteiger partial charge on any atom is 0.326 e. The molecule has 0 spiro atoms. The molecule has 0 atom stereocenters. The van der Waals surface area contributed by atoms with Gasteiger partial charge in [0.1, 0.15) is 10.8 Å². The summed E-state index contributed by atoms with van der Waals surface area (Å²) in [6.07, 6.45) is 1.72. The number of fused-ring (bicyclic) bond motifs is 1. The molecule has 3 aromatic rings. The summed E-state index contributed by atoms with van der Waals surface area (Å²) in [5.41, 5.74) is 2.81. The molecule has 0 saturated heterocycles. The number of nitrogens with one attached hydrogen (secondary N) is 2. The van der Waals surface area contributed by atoms with E-state index in [1.54, 1.807) is 47.1 Å². The van der Waals surface area contributed by atoms with Crippen molar-refractivity contribution in [2.75, 3.05) is 29.1 Å². The summed E-state index contributed by atoms with van der Waals surface area (Å²) in [5.74, 6) is 1.38. The van der Waals surface area contributed by atoms with Gasteiger partial charge in [0.05, 0.1) is 12.3 Å². The second kappa shape index (κ2) is 10.2. The molecule has 164 valence electrons. The van der Waals surface area contributed by atoms with Gasteiger partial charge in [-0.1, -0.05) is 18.2 Å². The number of benzene rings is 2. The first-order chi connectivity index (χ1) is 15.6. The Kier molecular flexibility index (Phi) is 6.91. The second-order valence-electron chi connectivity index (χ2n) is 7.10. The van der Waals surface area contributed by atoms with Gasteiger partial charge in [0, 0.05) is 36.3 Å². The normalized spacial score (nSPS) is 12.6. The minimum Gasteiger partial charge on any atom is -0.494 e. The van der Waals surface area contributed by atoms with Crippen LogP contribution < -0.4 is 20.3 Å². The number of hydrogen-bond acceptors (Lipinski definition) is 5. The van der Waals surface area contributed by atoms with Gasteiger partial charge in [-0.25, -0.2) is 9.78 Å². The summed E-state index contributed by atoms with van der Waals surface area (Å²) in [6, 6.07) is 18.0. The van der Waals surface area contributed by atoms with E-state index in [0.717, 1.165) is 27.8 Å². The number of thioether (sulfide) groups is 1. The predicted octanol–water partition coefficient (Wildman–Crippen LogP) is 4.55. The van der Waals surface area contributed by atoms with Gasteiger partial charge in [0.2, 0.25) is 0 Å². The van der Waals surface area contributed by atoms with Crippen molar-refractivity contribution in [2.24, 2.45) is 0 Å². The summed E-state index contributed by atoms with van der Waals surface area (Å²) in [4.78, 5) is 31.5. The van der Waals surface area contributed by atoms with Crippen molar-refractivity contribution in [3.05, 3.63) is 78.0 Å². The van der Waals surface area contributed by atoms with E-state index in [9.17, 15) is 9.59 Å². The third-order valence-corrected chi connectivity index (χ3v) is 5.88. The van der Waals surface area contributed by atoms with Crippen LogP contribution in [-0.2, 0) is 6.54 Å². The van der Waals surface area contributed by atoms with Crippen LogP contribution in [-0.4, -0.2) is 35.8 Å². The fraction of sp³-hybridized carbons (Fsp3) is 0.208. The van der Waals surface area contributed by atoms with Crippen molar-refractivity contribution in [1.82, 2.24) is 10.3 Å². The Bertz CT molecular complexity index is 1100.